The first-order valence-corrected chi connectivity index (χ1v) is 6.09. The smallest absolute Gasteiger partial charge is 0.222 e. The minimum atomic E-state index is 0.699. The van der Waals surface area contributed by atoms with Crippen molar-refractivity contribution >= 4 is 21.9 Å². The van der Waals surface area contributed by atoms with Gasteiger partial charge in [0, 0.05) is 25.0 Å². The van der Waals surface area contributed by atoms with Crippen LogP contribution in [-0.4, -0.2) is 29.1 Å². The van der Waals surface area contributed by atoms with E-state index < -0.39 is 0 Å². The number of halogens is 1. The van der Waals surface area contributed by atoms with Crippen LogP contribution in [0.15, 0.2) is 16.9 Å². The van der Waals surface area contributed by atoms with Crippen LogP contribution in [0.4, 0.5) is 5.95 Å². The number of hydrogen-bond donors (Lipinski definition) is 2. The van der Waals surface area contributed by atoms with Gasteiger partial charge in [-0.2, -0.15) is 0 Å². The molecule has 1 aromatic heterocycles. The molecule has 0 bridgehead atoms. The Labute approximate surface area is 98.0 Å². The molecule has 0 aliphatic heterocycles. The fourth-order valence-electron chi connectivity index (χ4n) is 1.29. The molecule has 5 heteroatoms. The lowest BCUT2D eigenvalue weighted by Gasteiger charge is -2.04. The van der Waals surface area contributed by atoms with Gasteiger partial charge in [0.15, 0.2) is 0 Å². The molecular weight excluding hydrogens is 256 g/mol. The second-order valence-electron chi connectivity index (χ2n) is 3.73. The summed E-state index contributed by atoms with van der Waals surface area (Å²) in [5.41, 5.74) is 0. The van der Waals surface area contributed by atoms with Crippen LogP contribution < -0.4 is 10.6 Å². The van der Waals surface area contributed by atoms with Crippen LogP contribution in [0.25, 0.3) is 0 Å². The quantitative estimate of drug-likeness (QED) is 0.774. The zero-order valence-electron chi connectivity index (χ0n) is 8.54. The van der Waals surface area contributed by atoms with Gasteiger partial charge in [0.2, 0.25) is 5.95 Å². The maximum absolute atomic E-state index is 4.13. The largest absolute Gasteiger partial charge is 0.354 e. The summed E-state index contributed by atoms with van der Waals surface area (Å²) >= 11 is 3.30. The van der Waals surface area contributed by atoms with Crippen molar-refractivity contribution in [3.05, 3.63) is 16.9 Å². The molecule has 0 saturated heterocycles. The van der Waals surface area contributed by atoms with Crippen LogP contribution in [0, 0.1) is 0 Å². The highest BCUT2D eigenvalue weighted by molar-refractivity contribution is 9.10. The van der Waals surface area contributed by atoms with Gasteiger partial charge in [0.05, 0.1) is 4.47 Å². The molecule has 1 aromatic rings. The summed E-state index contributed by atoms with van der Waals surface area (Å²) in [7, 11) is 0. The second-order valence-corrected chi connectivity index (χ2v) is 4.65. The number of anilines is 1. The van der Waals surface area contributed by atoms with E-state index >= 15 is 0 Å². The van der Waals surface area contributed by atoms with Gasteiger partial charge in [0.25, 0.3) is 0 Å². The van der Waals surface area contributed by atoms with E-state index in [0.717, 1.165) is 30.0 Å². The summed E-state index contributed by atoms with van der Waals surface area (Å²) < 4.78 is 0.906. The van der Waals surface area contributed by atoms with E-state index in [2.05, 4.69) is 36.5 Å². The third-order valence-corrected chi connectivity index (χ3v) is 2.68. The maximum Gasteiger partial charge on any atom is 0.222 e. The Bertz CT molecular complexity index is 297. The third kappa shape index (κ3) is 4.13. The first-order chi connectivity index (χ1) is 7.34. The molecule has 1 aliphatic carbocycles. The summed E-state index contributed by atoms with van der Waals surface area (Å²) in [5.74, 6) is 0.699. The summed E-state index contributed by atoms with van der Waals surface area (Å²) in [6, 6.07) is 0.800. The van der Waals surface area contributed by atoms with Crippen molar-refractivity contribution < 1.29 is 0 Å². The number of nitrogens with one attached hydrogen (secondary N) is 2. The highest BCUT2D eigenvalue weighted by Gasteiger charge is 2.19. The molecule has 0 spiro atoms. The van der Waals surface area contributed by atoms with Gasteiger partial charge in [-0.3, -0.25) is 0 Å². The van der Waals surface area contributed by atoms with Crippen molar-refractivity contribution in [1.29, 1.82) is 0 Å². The molecule has 0 amide bonds. The van der Waals surface area contributed by atoms with Crippen molar-refractivity contribution in [3.8, 4) is 0 Å². The number of hydrogen-bond acceptors (Lipinski definition) is 4. The highest BCUT2D eigenvalue weighted by Crippen LogP contribution is 2.18. The van der Waals surface area contributed by atoms with Gasteiger partial charge >= 0.3 is 0 Å². The molecular formula is C10H15BrN4. The molecule has 0 radical (unpaired) electrons. The lowest BCUT2D eigenvalue weighted by molar-refractivity contribution is 0.658. The van der Waals surface area contributed by atoms with Crippen molar-refractivity contribution in [1.82, 2.24) is 15.3 Å². The summed E-state index contributed by atoms with van der Waals surface area (Å²) in [5, 5.41) is 6.65. The zero-order chi connectivity index (χ0) is 10.5. The molecule has 82 valence electrons. The van der Waals surface area contributed by atoms with E-state index in [1.165, 1.54) is 12.8 Å². The number of nitrogens with zero attached hydrogens (tertiary/aromatic N) is 2. The molecule has 2 N–H and O–H groups in total. The zero-order valence-corrected chi connectivity index (χ0v) is 10.1. The average Bonchev–Trinajstić information content (AvgIpc) is 3.04. The minimum absolute atomic E-state index is 0.699. The molecule has 4 nitrogen and oxygen atoms in total. The average molecular weight is 271 g/mol. The van der Waals surface area contributed by atoms with Crippen molar-refractivity contribution in [3.63, 3.8) is 0 Å². The molecule has 1 fully saturated rings. The van der Waals surface area contributed by atoms with E-state index in [1.54, 1.807) is 12.4 Å². The number of aromatic nitrogens is 2. The van der Waals surface area contributed by atoms with Gasteiger partial charge in [-0.15, -0.1) is 0 Å². The first-order valence-electron chi connectivity index (χ1n) is 5.29. The van der Waals surface area contributed by atoms with E-state index in [4.69, 9.17) is 0 Å². The molecule has 0 aromatic carbocycles. The predicted molar refractivity (Wildman–Crippen MR) is 63.9 cm³/mol. The fraction of sp³-hybridized carbons (Fsp3) is 0.600. The minimum Gasteiger partial charge on any atom is -0.354 e. The van der Waals surface area contributed by atoms with Crippen LogP contribution in [0.5, 0.6) is 0 Å². The topological polar surface area (TPSA) is 49.8 Å². The Balaban J connectivity index is 1.58. The standard InChI is InChI=1S/C10H15BrN4/c11-8-6-14-10(15-7-8)13-5-1-4-12-9-2-3-9/h6-7,9,12H,1-5H2,(H,13,14,15). The molecule has 1 saturated carbocycles. The Morgan fingerprint density at radius 3 is 2.67 bits per heavy atom. The Hall–Kier alpha value is -0.680. The van der Waals surface area contributed by atoms with Crippen LogP contribution in [0.2, 0.25) is 0 Å². The lowest BCUT2D eigenvalue weighted by Crippen LogP contribution is -2.20. The van der Waals surface area contributed by atoms with E-state index in [-0.39, 0.29) is 0 Å². The molecule has 0 atom stereocenters. The van der Waals surface area contributed by atoms with Gasteiger partial charge < -0.3 is 10.6 Å². The Morgan fingerprint density at radius 1 is 1.27 bits per heavy atom. The second kappa shape index (κ2) is 5.42. The SMILES string of the molecule is Brc1cnc(NCCCNC2CC2)nc1. The summed E-state index contributed by atoms with van der Waals surface area (Å²) in [6.45, 7) is 2.00. The molecule has 0 unspecified atom stereocenters. The van der Waals surface area contributed by atoms with E-state index in [0.29, 0.717) is 5.95 Å². The highest BCUT2D eigenvalue weighted by atomic mass is 79.9. The molecule has 15 heavy (non-hydrogen) atoms. The molecule has 1 heterocycles. The molecule has 1 aliphatic rings. The monoisotopic (exact) mass is 270 g/mol. The first kappa shape index (κ1) is 10.8. The normalized spacial score (nSPS) is 15.3. The van der Waals surface area contributed by atoms with Crippen LogP contribution in [0.1, 0.15) is 19.3 Å². The van der Waals surface area contributed by atoms with Crippen LogP contribution >= 0.6 is 15.9 Å². The number of rotatable bonds is 6. The summed E-state index contributed by atoms with van der Waals surface area (Å²) in [4.78, 5) is 8.27. The van der Waals surface area contributed by atoms with E-state index in [1.807, 2.05) is 0 Å². The van der Waals surface area contributed by atoms with Crippen molar-refractivity contribution in [2.45, 2.75) is 25.3 Å². The van der Waals surface area contributed by atoms with Crippen molar-refractivity contribution in [2.24, 2.45) is 0 Å². The summed E-state index contributed by atoms with van der Waals surface area (Å²) in [6.07, 6.45) is 7.30. The Morgan fingerprint density at radius 2 is 2.00 bits per heavy atom. The van der Waals surface area contributed by atoms with Crippen LogP contribution in [-0.2, 0) is 0 Å². The maximum atomic E-state index is 4.13. The predicted octanol–water partition coefficient (Wildman–Crippen LogP) is 1.79. The molecule has 2 rings (SSSR count). The fourth-order valence-corrected chi connectivity index (χ4v) is 1.49. The van der Waals surface area contributed by atoms with Crippen LogP contribution in [0.3, 0.4) is 0 Å². The third-order valence-electron chi connectivity index (χ3n) is 2.27. The van der Waals surface area contributed by atoms with Gasteiger partial charge in [-0.25, -0.2) is 9.97 Å². The van der Waals surface area contributed by atoms with Gasteiger partial charge in [0.1, 0.15) is 0 Å². The van der Waals surface area contributed by atoms with Crippen molar-refractivity contribution in [2.75, 3.05) is 18.4 Å². The van der Waals surface area contributed by atoms with Gasteiger partial charge in [-0.1, -0.05) is 0 Å². The lowest BCUT2D eigenvalue weighted by atomic mass is 10.4. The Kier molecular flexibility index (Phi) is 3.91. The van der Waals surface area contributed by atoms with Gasteiger partial charge in [-0.05, 0) is 41.7 Å². The van der Waals surface area contributed by atoms with E-state index in [9.17, 15) is 0 Å².